The van der Waals surface area contributed by atoms with Crippen LogP contribution in [-0.4, -0.2) is 34.6 Å². The molecule has 0 saturated heterocycles. The minimum atomic E-state index is -0.611. The van der Waals surface area contributed by atoms with E-state index in [1.807, 2.05) is 30.3 Å². The minimum Gasteiger partial charge on any atom is -0.374 e. The van der Waals surface area contributed by atoms with E-state index in [2.05, 4.69) is 15.5 Å². The van der Waals surface area contributed by atoms with Gasteiger partial charge in [-0.2, -0.15) is 0 Å². The van der Waals surface area contributed by atoms with Crippen LogP contribution >= 0.6 is 11.3 Å². The van der Waals surface area contributed by atoms with Crippen LogP contribution in [0, 0.1) is 0 Å². The Morgan fingerprint density at radius 2 is 2.04 bits per heavy atom. The van der Waals surface area contributed by atoms with Gasteiger partial charge in [0.15, 0.2) is 0 Å². The third-order valence-corrected chi connectivity index (χ3v) is 5.29. The molecule has 0 spiro atoms. The summed E-state index contributed by atoms with van der Waals surface area (Å²) in [5.74, 6) is -0.350. The molecule has 1 aromatic heterocycles. The van der Waals surface area contributed by atoms with E-state index in [1.54, 1.807) is 17.9 Å². The number of benzene rings is 2. The highest BCUT2D eigenvalue weighted by molar-refractivity contribution is 7.15. The molecule has 0 radical (unpaired) electrons. The first-order chi connectivity index (χ1) is 12.6. The summed E-state index contributed by atoms with van der Waals surface area (Å²) in [6, 6.07) is 10.8. The number of aromatic nitrogens is 2. The highest BCUT2D eigenvalue weighted by atomic mass is 32.1. The Kier molecular flexibility index (Phi) is 4.04. The molecular weight excluding hydrogens is 350 g/mol. The highest BCUT2D eigenvalue weighted by Crippen LogP contribution is 2.38. The molecule has 3 N–H and O–H groups in total. The number of carbonyl (C=O) groups excluding carboxylic acids is 2. The van der Waals surface area contributed by atoms with Crippen molar-refractivity contribution in [1.29, 1.82) is 0 Å². The Morgan fingerprint density at radius 1 is 1.27 bits per heavy atom. The van der Waals surface area contributed by atoms with Gasteiger partial charge in [0.1, 0.15) is 11.0 Å². The fourth-order valence-electron chi connectivity index (χ4n) is 3.25. The summed E-state index contributed by atoms with van der Waals surface area (Å²) >= 11 is 1.30. The Bertz CT molecular complexity index is 1010. The second-order valence-electron chi connectivity index (χ2n) is 6.11. The molecule has 2 amide bonds. The molecule has 132 valence electrons. The van der Waals surface area contributed by atoms with E-state index in [9.17, 15) is 9.59 Å². The van der Waals surface area contributed by atoms with Crippen LogP contribution < -0.4 is 16.0 Å². The van der Waals surface area contributed by atoms with Crippen molar-refractivity contribution < 1.29 is 9.59 Å². The van der Waals surface area contributed by atoms with Gasteiger partial charge in [0.2, 0.25) is 11.0 Å². The maximum atomic E-state index is 12.8. The normalized spacial score (nSPS) is 14.0. The first-order valence-corrected chi connectivity index (χ1v) is 9.09. The molecule has 7 nitrogen and oxygen atoms in total. The summed E-state index contributed by atoms with van der Waals surface area (Å²) in [5, 5.41) is 13.6. The van der Waals surface area contributed by atoms with E-state index in [0.29, 0.717) is 23.7 Å². The number of hydrogen-bond donors (Lipinski definition) is 2. The molecule has 1 aliphatic heterocycles. The number of hydrogen-bond acceptors (Lipinski definition) is 6. The number of nitrogens with one attached hydrogen (secondary N) is 1. The summed E-state index contributed by atoms with van der Waals surface area (Å²) in [7, 11) is 0. The van der Waals surface area contributed by atoms with Gasteiger partial charge in [0.05, 0.1) is 5.69 Å². The van der Waals surface area contributed by atoms with Gasteiger partial charge < -0.3 is 11.1 Å². The monoisotopic (exact) mass is 367 g/mol. The summed E-state index contributed by atoms with van der Waals surface area (Å²) < 4.78 is 0. The number of nitrogen functional groups attached to an aromatic ring is 1. The topological polar surface area (TPSA) is 101 Å². The van der Waals surface area contributed by atoms with E-state index in [0.717, 1.165) is 21.5 Å². The van der Waals surface area contributed by atoms with E-state index >= 15 is 0 Å². The SMILES string of the molecule is C[C@H](C(=O)NCCc1nnc(N)s1)N1C(=O)c2cccc3cccc1c23. The standard InChI is InChI=1S/C18H17N5O2S/c1-10(16(24)20-9-8-14-21-22-18(19)26-14)23-13-7-3-5-11-4-2-6-12(15(11)13)17(23)25/h2-7,10H,8-9H2,1H3,(H2,19,22)(H,20,24)/t10-/m1/s1. The van der Waals surface area contributed by atoms with Gasteiger partial charge in [-0.05, 0) is 24.4 Å². The van der Waals surface area contributed by atoms with Crippen LogP contribution in [-0.2, 0) is 11.2 Å². The van der Waals surface area contributed by atoms with Crippen LogP contribution in [0.15, 0.2) is 36.4 Å². The van der Waals surface area contributed by atoms with Gasteiger partial charge in [0, 0.05) is 23.9 Å². The Labute approximate surface area is 153 Å². The van der Waals surface area contributed by atoms with Crippen LogP contribution in [0.5, 0.6) is 0 Å². The third kappa shape index (κ3) is 2.68. The lowest BCUT2D eigenvalue weighted by molar-refractivity contribution is -0.121. The number of nitrogens with zero attached hydrogens (tertiary/aromatic N) is 3. The summed E-state index contributed by atoms with van der Waals surface area (Å²) in [5.41, 5.74) is 6.97. The second kappa shape index (κ2) is 6.38. The van der Waals surface area contributed by atoms with Crippen molar-refractivity contribution >= 4 is 44.7 Å². The zero-order chi connectivity index (χ0) is 18.3. The number of carbonyl (C=O) groups is 2. The van der Waals surface area contributed by atoms with Crippen molar-refractivity contribution in [3.05, 3.63) is 47.0 Å². The largest absolute Gasteiger partial charge is 0.374 e. The highest BCUT2D eigenvalue weighted by Gasteiger charge is 2.35. The fraction of sp³-hybridized carbons (Fsp3) is 0.222. The molecule has 2 heterocycles. The molecule has 0 fully saturated rings. The molecule has 3 aromatic rings. The minimum absolute atomic E-state index is 0.142. The van der Waals surface area contributed by atoms with Gasteiger partial charge in [-0.1, -0.05) is 35.6 Å². The predicted octanol–water partition coefficient (Wildman–Crippen LogP) is 1.98. The van der Waals surface area contributed by atoms with Crippen LogP contribution in [0.2, 0.25) is 0 Å². The Balaban J connectivity index is 1.50. The van der Waals surface area contributed by atoms with Crippen molar-refractivity contribution in [3.63, 3.8) is 0 Å². The number of rotatable bonds is 5. The lowest BCUT2D eigenvalue weighted by Gasteiger charge is -2.24. The molecule has 26 heavy (non-hydrogen) atoms. The first kappa shape index (κ1) is 16.5. The van der Waals surface area contributed by atoms with Crippen molar-refractivity contribution in [2.75, 3.05) is 17.2 Å². The first-order valence-electron chi connectivity index (χ1n) is 8.27. The van der Waals surface area contributed by atoms with Crippen LogP contribution in [0.25, 0.3) is 10.8 Å². The summed E-state index contributed by atoms with van der Waals surface area (Å²) in [6.45, 7) is 2.15. The molecule has 4 rings (SSSR count). The smallest absolute Gasteiger partial charge is 0.259 e. The lowest BCUT2D eigenvalue weighted by atomic mass is 10.1. The van der Waals surface area contributed by atoms with E-state index in [4.69, 9.17) is 5.73 Å². The zero-order valence-electron chi connectivity index (χ0n) is 14.1. The molecule has 1 atom stereocenters. The van der Waals surface area contributed by atoms with Gasteiger partial charge in [0.25, 0.3) is 5.91 Å². The van der Waals surface area contributed by atoms with E-state index in [-0.39, 0.29) is 11.8 Å². The van der Waals surface area contributed by atoms with Crippen molar-refractivity contribution in [3.8, 4) is 0 Å². The van der Waals surface area contributed by atoms with Gasteiger partial charge in [-0.15, -0.1) is 10.2 Å². The van der Waals surface area contributed by atoms with Crippen LogP contribution in [0.3, 0.4) is 0 Å². The number of anilines is 2. The molecule has 0 aliphatic carbocycles. The number of amides is 2. The third-order valence-electron chi connectivity index (χ3n) is 4.48. The van der Waals surface area contributed by atoms with Crippen molar-refractivity contribution in [2.24, 2.45) is 0 Å². The maximum Gasteiger partial charge on any atom is 0.259 e. The molecule has 1 aliphatic rings. The molecule has 0 saturated carbocycles. The molecule has 2 aromatic carbocycles. The van der Waals surface area contributed by atoms with Crippen molar-refractivity contribution in [1.82, 2.24) is 15.5 Å². The van der Waals surface area contributed by atoms with Gasteiger partial charge >= 0.3 is 0 Å². The summed E-state index contributed by atoms with van der Waals surface area (Å²) in [6.07, 6.45) is 0.553. The van der Waals surface area contributed by atoms with Gasteiger partial charge in [-0.3, -0.25) is 14.5 Å². The van der Waals surface area contributed by atoms with Crippen LogP contribution in [0.1, 0.15) is 22.3 Å². The Hall–Kier alpha value is -3.00. The molecule has 8 heteroatoms. The zero-order valence-corrected chi connectivity index (χ0v) is 14.9. The summed E-state index contributed by atoms with van der Waals surface area (Å²) in [4.78, 5) is 27.0. The van der Waals surface area contributed by atoms with Crippen LogP contribution in [0.4, 0.5) is 10.8 Å². The Morgan fingerprint density at radius 3 is 2.77 bits per heavy atom. The van der Waals surface area contributed by atoms with Gasteiger partial charge in [-0.25, -0.2) is 0 Å². The molecular formula is C18H17N5O2S. The lowest BCUT2D eigenvalue weighted by Crippen LogP contribution is -2.47. The van der Waals surface area contributed by atoms with Crippen molar-refractivity contribution in [2.45, 2.75) is 19.4 Å². The fourth-order valence-corrected chi connectivity index (χ4v) is 3.86. The maximum absolute atomic E-state index is 12.8. The average Bonchev–Trinajstić information content (AvgIpc) is 3.18. The second-order valence-corrected chi connectivity index (χ2v) is 7.20. The van der Waals surface area contributed by atoms with E-state index in [1.165, 1.54) is 11.3 Å². The average molecular weight is 367 g/mol. The predicted molar refractivity (Wildman–Crippen MR) is 101 cm³/mol. The van der Waals surface area contributed by atoms with E-state index < -0.39 is 6.04 Å². The quantitative estimate of drug-likeness (QED) is 0.718. The molecule has 0 unspecified atom stereocenters. The molecule has 0 bridgehead atoms. The number of nitrogens with two attached hydrogens (primary N) is 1.